The molecule has 0 aliphatic heterocycles. The molecule has 0 spiro atoms. The van der Waals surface area contributed by atoms with E-state index in [2.05, 4.69) is 113 Å². The Morgan fingerprint density at radius 2 is 1.00 bits per heavy atom. The molecule has 0 aliphatic rings. The second-order valence-corrected chi connectivity index (χ2v) is 10.8. The average Bonchev–Trinajstić information content (AvgIpc) is 3.12. The van der Waals surface area contributed by atoms with Crippen molar-refractivity contribution in [2.45, 2.75) is 0 Å². The highest BCUT2D eigenvalue weighted by molar-refractivity contribution is 6.09. The van der Waals surface area contributed by atoms with Crippen molar-refractivity contribution in [2.24, 2.45) is 0 Å². The number of pyridine rings is 4. The minimum Gasteiger partial charge on any atom is -0.264 e. The Morgan fingerprint density at radius 1 is 0.386 bits per heavy atom. The van der Waals surface area contributed by atoms with Crippen molar-refractivity contribution in [3.8, 4) is 55.8 Å². The fourth-order valence-electron chi connectivity index (χ4n) is 5.86. The largest absolute Gasteiger partial charge is 0.264 e. The topological polar surface area (TPSA) is 51.6 Å². The van der Waals surface area contributed by atoms with E-state index in [4.69, 9.17) is 9.97 Å². The van der Waals surface area contributed by atoms with Gasteiger partial charge in [0.25, 0.3) is 0 Å². The van der Waals surface area contributed by atoms with Gasteiger partial charge >= 0.3 is 0 Å². The van der Waals surface area contributed by atoms with E-state index in [0.717, 1.165) is 77.6 Å². The second kappa shape index (κ2) is 11.0. The Labute approximate surface area is 255 Å². The monoisotopic (exact) mass is 562 g/mol. The molecule has 0 bridgehead atoms. The number of rotatable bonds is 5. The Kier molecular flexibility index (Phi) is 6.43. The molecule has 0 radical (unpaired) electrons. The van der Waals surface area contributed by atoms with Crippen LogP contribution in [0, 0.1) is 0 Å². The van der Waals surface area contributed by atoms with Crippen LogP contribution in [0.25, 0.3) is 77.6 Å². The average molecular weight is 563 g/mol. The van der Waals surface area contributed by atoms with E-state index in [1.165, 1.54) is 0 Å². The molecule has 0 saturated carbocycles. The molecule has 4 aromatic carbocycles. The summed E-state index contributed by atoms with van der Waals surface area (Å²) >= 11 is 0. The lowest BCUT2D eigenvalue weighted by Crippen LogP contribution is -1.92. The molecule has 0 amide bonds. The van der Waals surface area contributed by atoms with E-state index in [-0.39, 0.29) is 0 Å². The summed E-state index contributed by atoms with van der Waals surface area (Å²) in [4.78, 5) is 18.6. The van der Waals surface area contributed by atoms with Crippen molar-refractivity contribution in [3.63, 3.8) is 0 Å². The number of aromatic nitrogens is 4. The van der Waals surface area contributed by atoms with Crippen LogP contribution in [0.5, 0.6) is 0 Å². The first-order valence-electron chi connectivity index (χ1n) is 14.6. The Bertz CT molecular complexity index is 2190. The number of nitrogens with zero attached hydrogens (tertiary/aromatic N) is 4. The van der Waals surface area contributed by atoms with Crippen molar-refractivity contribution >= 4 is 21.8 Å². The lowest BCUT2D eigenvalue weighted by atomic mass is 9.93. The maximum Gasteiger partial charge on any atom is 0.0978 e. The van der Waals surface area contributed by atoms with Crippen LogP contribution in [0.1, 0.15) is 0 Å². The van der Waals surface area contributed by atoms with Crippen molar-refractivity contribution in [1.29, 1.82) is 0 Å². The molecule has 0 N–H and O–H groups in total. The summed E-state index contributed by atoms with van der Waals surface area (Å²) < 4.78 is 0. The third-order valence-electron chi connectivity index (χ3n) is 8.07. The van der Waals surface area contributed by atoms with E-state index in [0.29, 0.717) is 0 Å². The highest BCUT2D eigenvalue weighted by Gasteiger charge is 2.14. The van der Waals surface area contributed by atoms with E-state index in [9.17, 15) is 0 Å². The second-order valence-electron chi connectivity index (χ2n) is 10.8. The zero-order valence-corrected chi connectivity index (χ0v) is 23.8. The smallest absolute Gasteiger partial charge is 0.0978 e. The van der Waals surface area contributed by atoms with Crippen LogP contribution in [-0.2, 0) is 0 Å². The van der Waals surface area contributed by atoms with Gasteiger partial charge in [-0.3, -0.25) is 15.0 Å². The van der Waals surface area contributed by atoms with E-state index >= 15 is 0 Å². The van der Waals surface area contributed by atoms with Crippen LogP contribution >= 0.6 is 0 Å². The number of benzene rings is 4. The molecular weight excluding hydrogens is 536 g/mol. The quantitative estimate of drug-likeness (QED) is 0.196. The maximum absolute atomic E-state index is 5.19. The fourth-order valence-corrected chi connectivity index (χ4v) is 5.86. The summed E-state index contributed by atoms with van der Waals surface area (Å²) in [5.74, 6) is 0. The standard InChI is InChI=1S/C40H26N4/c1-2-7-28(8-3-1)37-24-38(44-40-36(37)17-16-30-9-6-20-43-39(30)40)29-14-12-27(13-15-29)33-21-34(31-10-4-18-41-25-31)23-35(22-33)32-11-5-19-42-26-32/h1-26H. The molecule has 8 rings (SSSR count). The SMILES string of the molecule is c1ccc(-c2cc(-c3ccc(-c4cc(-c5cccnc5)cc(-c5cccnc5)c4)cc3)nc3c2ccc2cccnc23)cc1. The third kappa shape index (κ3) is 4.79. The van der Waals surface area contributed by atoms with Crippen LogP contribution in [0.2, 0.25) is 0 Å². The van der Waals surface area contributed by atoms with Crippen LogP contribution in [-0.4, -0.2) is 19.9 Å². The molecule has 4 heteroatoms. The molecule has 4 nitrogen and oxygen atoms in total. The van der Waals surface area contributed by atoms with E-state index in [1.54, 1.807) is 12.4 Å². The predicted octanol–water partition coefficient (Wildman–Crippen LogP) is 9.91. The molecule has 4 heterocycles. The summed E-state index contributed by atoms with van der Waals surface area (Å²) in [5, 5.41) is 2.18. The lowest BCUT2D eigenvalue weighted by Gasteiger charge is -2.13. The molecule has 8 aromatic rings. The van der Waals surface area contributed by atoms with Crippen molar-refractivity contribution in [2.75, 3.05) is 0 Å². The Hall–Kier alpha value is -6.00. The van der Waals surface area contributed by atoms with Gasteiger partial charge in [0.1, 0.15) is 0 Å². The van der Waals surface area contributed by atoms with Crippen molar-refractivity contribution in [3.05, 3.63) is 158 Å². The molecule has 44 heavy (non-hydrogen) atoms. The summed E-state index contributed by atoms with van der Waals surface area (Å²) in [7, 11) is 0. The molecule has 4 aromatic heterocycles. The first-order valence-corrected chi connectivity index (χ1v) is 14.6. The number of fused-ring (bicyclic) bond motifs is 3. The third-order valence-corrected chi connectivity index (χ3v) is 8.07. The summed E-state index contributed by atoms with van der Waals surface area (Å²) in [6.07, 6.45) is 9.26. The Morgan fingerprint density at radius 3 is 1.66 bits per heavy atom. The summed E-state index contributed by atoms with van der Waals surface area (Å²) in [5.41, 5.74) is 12.7. The van der Waals surface area contributed by atoms with Gasteiger partial charge in [0.15, 0.2) is 0 Å². The first kappa shape index (κ1) is 25.7. The van der Waals surface area contributed by atoms with Gasteiger partial charge in [0, 0.05) is 58.4 Å². The fraction of sp³-hybridized carbons (Fsp3) is 0. The zero-order chi connectivity index (χ0) is 29.3. The Balaban J connectivity index is 1.26. The lowest BCUT2D eigenvalue weighted by molar-refractivity contribution is 1.32. The van der Waals surface area contributed by atoms with Gasteiger partial charge in [-0.2, -0.15) is 0 Å². The number of hydrogen-bond donors (Lipinski definition) is 0. The van der Waals surface area contributed by atoms with Gasteiger partial charge < -0.3 is 0 Å². The van der Waals surface area contributed by atoms with Crippen molar-refractivity contribution in [1.82, 2.24) is 19.9 Å². The van der Waals surface area contributed by atoms with E-state index in [1.807, 2.05) is 42.9 Å². The predicted molar refractivity (Wildman–Crippen MR) is 180 cm³/mol. The molecular formula is C40H26N4. The molecule has 0 fully saturated rings. The van der Waals surface area contributed by atoms with Gasteiger partial charge in [0.05, 0.1) is 16.7 Å². The van der Waals surface area contributed by atoms with Gasteiger partial charge in [0.2, 0.25) is 0 Å². The van der Waals surface area contributed by atoms with Gasteiger partial charge in [-0.05, 0) is 75.8 Å². The molecule has 0 unspecified atom stereocenters. The van der Waals surface area contributed by atoms with Gasteiger partial charge in [-0.25, -0.2) is 4.98 Å². The van der Waals surface area contributed by atoms with Crippen molar-refractivity contribution < 1.29 is 0 Å². The molecule has 206 valence electrons. The number of hydrogen-bond acceptors (Lipinski definition) is 4. The minimum atomic E-state index is 0.911. The van der Waals surface area contributed by atoms with Crippen LogP contribution in [0.15, 0.2) is 158 Å². The van der Waals surface area contributed by atoms with E-state index < -0.39 is 0 Å². The minimum absolute atomic E-state index is 0.911. The zero-order valence-electron chi connectivity index (χ0n) is 23.8. The van der Waals surface area contributed by atoms with Gasteiger partial charge in [-0.1, -0.05) is 84.9 Å². The van der Waals surface area contributed by atoms with Gasteiger partial charge in [-0.15, -0.1) is 0 Å². The van der Waals surface area contributed by atoms with Crippen LogP contribution < -0.4 is 0 Å². The molecule has 0 saturated heterocycles. The maximum atomic E-state index is 5.19. The first-order chi connectivity index (χ1) is 21.8. The molecule has 0 atom stereocenters. The van der Waals surface area contributed by atoms with Crippen LogP contribution in [0.3, 0.4) is 0 Å². The summed E-state index contributed by atoms with van der Waals surface area (Å²) in [6, 6.07) is 44.5. The molecule has 0 aliphatic carbocycles. The van der Waals surface area contributed by atoms with Crippen LogP contribution in [0.4, 0.5) is 0 Å². The normalized spacial score (nSPS) is 11.2. The highest BCUT2D eigenvalue weighted by Crippen LogP contribution is 2.37. The highest BCUT2D eigenvalue weighted by atomic mass is 14.8. The summed E-state index contributed by atoms with van der Waals surface area (Å²) in [6.45, 7) is 0.